The van der Waals surface area contributed by atoms with E-state index in [-0.39, 0.29) is 51.9 Å². The summed E-state index contributed by atoms with van der Waals surface area (Å²) in [5.41, 5.74) is -3.79. The van der Waals surface area contributed by atoms with E-state index in [1.165, 1.54) is 60.7 Å². The molecule has 1 unspecified atom stereocenters. The molecule has 0 saturated heterocycles. The molecule has 0 bridgehead atoms. The van der Waals surface area contributed by atoms with E-state index in [0.717, 1.165) is 12.1 Å². The Kier molecular flexibility index (Phi) is 11.1. The molecule has 0 saturated carbocycles. The van der Waals surface area contributed by atoms with Crippen LogP contribution in [0.25, 0.3) is 0 Å². The van der Waals surface area contributed by atoms with Crippen molar-refractivity contribution in [1.82, 2.24) is 5.32 Å². The number of alkyl halides is 6. The number of ketones is 2. The van der Waals surface area contributed by atoms with Crippen LogP contribution in [0.2, 0.25) is 0 Å². The normalized spacial score (nSPS) is 12.4. The zero-order valence-corrected chi connectivity index (χ0v) is 22.8. The number of ether oxygens (including phenoxy) is 1. The van der Waals surface area contributed by atoms with Gasteiger partial charge in [-0.3, -0.25) is 23.9 Å². The molecule has 7 nitrogen and oxygen atoms in total. The highest BCUT2D eigenvalue weighted by molar-refractivity contribution is 8.00. The molecule has 1 atom stereocenters. The van der Waals surface area contributed by atoms with Crippen LogP contribution in [0.3, 0.4) is 0 Å². The highest BCUT2D eigenvalue weighted by Crippen LogP contribution is 2.37. The van der Waals surface area contributed by atoms with Crippen molar-refractivity contribution < 1.29 is 55.4 Å². The molecule has 0 spiro atoms. The molecule has 3 rings (SSSR count). The van der Waals surface area contributed by atoms with Crippen LogP contribution in [-0.4, -0.2) is 47.0 Å². The summed E-state index contributed by atoms with van der Waals surface area (Å²) < 4.78 is 78.8. The number of rotatable bonds is 13. The van der Waals surface area contributed by atoms with Gasteiger partial charge in [-0.15, -0.1) is 13.2 Å². The van der Waals surface area contributed by atoms with E-state index in [9.17, 15) is 45.5 Å². The number of benzene rings is 3. The van der Waals surface area contributed by atoms with Crippen LogP contribution in [-0.2, 0) is 16.1 Å². The number of amides is 1. The Morgan fingerprint density at radius 3 is 1.88 bits per heavy atom. The van der Waals surface area contributed by atoms with Crippen molar-refractivity contribution >= 4 is 35.2 Å². The summed E-state index contributed by atoms with van der Waals surface area (Å²) in [7, 11) is 0. The Bertz CT molecular complexity index is 1440. The third-order valence-electron chi connectivity index (χ3n) is 5.96. The van der Waals surface area contributed by atoms with E-state index in [1.54, 1.807) is 0 Å². The first-order chi connectivity index (χ1) is 20.1. The first-order valence-corrected chi connectivity index (χ1v) is 13.3. The second-order valence-corrected chi connectivity index (χ2v) is 10.2. The van der Waals surface area contributed by atoms with Crippen LogP contribution in [0.5, 0.6) is 0 Å². The largest absolute Gasteiger partial charge is 0.522 e. The van der Waals surface area contributed by atoms with Gasteiger partial charge in [0.05, 0.1) is 18.9 Å². The lowest BCUT2D eigenvalue weighted by molar-refractivity contribution is -0.330. The minimum Gasteiger partial charge on any atom is -0.481 e. The van der Waals surface area contributed by atoms with Gasteiger partial charge >= 0.3 is 17.8 Å². The minimum absolute atomic E-state index is 0.0541. The number of hydrogen-bond donors (Lipinski definition) is 2. The van der Waals surface area contributed by atoms with Crippen LogP contribution in [0.15, 0.2) is 77.7 Å². The molecule has 0 radical (unpaired) electrons. The summed E-state index contributed by atoms with van der Waals surface area (Å²) in [6, 6.07) is 15.4. The molecule has 43 heavy (non-hydrogen) atoms. The molecular formula is C29H23F6NO6S. The predicted octanol–water partition coefficient (Wildman–Crippen LogP) is 6.78. The molecule has 3 aromatic carbocycles. The molecule has 3 aromatic rings. The van der Waals surface area contributed by atoms with Gasteiger partial charge in [0.25, 0.3) is 5.91 Å². The van der Waals surface area contributed by atoms with Crippen LogP contribution >= 0.6 is 11.8 Å². The maximum atomic E-state index is 13.5. The number of thioether (sulfide) groups is 1. The highest BCUT2D eigenvalue weighted by Gasteiger charge is 2.30. The number of Topliss-reactive ketones (excluding diaryl/α,β-unsaturated/α-hetero) is 2. The van der Waals surface area contributed by atoms with E-state index in [2.05, 4.69) is 10.1 Å². The third kappa shape index (κ3) is 10.9. The van der Waals surface area contributed by atoms with Crippen molar-refractivity contribution in [2.24, 2.45) is 0 Å². The first-order valence-electron chi connectivity index (χ1n) is 12.4. The van der Waals surface area contributed by atoms with Crippen molar-refractivity contribution in [3.8, 4) is 0 Å². The number of carbonyl (C=O) groups is 4. The van der Waals surface area contributed by atoms with Crippen molar-refractivity contribution in [1.29, 1.82) is 0 Å². The average molecular weight is 628 g/mol. The van der Waals surface area contributed by atoms with Crippen LogP contribution in [0.1, 0.15) is 61.0 Å². The fourth-order valence-electron chi connectivity index (χ4n) is 3.89. The van der Waals surface area contributed by atoms with Crippen molar-refractivity contribution in [3.05, 3.63) is 101 Å². The minimum atomic E-state index is -4.84. The first kappa shape index (κ1) is 33.3. The monoisotopic (exact) mass is 627 g/mol. The zero-order valence-electron chi connectivity index (χ0n) is 22.0. The molecule has 14 heteroatoms. The van der Waals surface area contributed by atoms with Crippen LogP contribution in [0, 0.1) is 0 Å². The lowest BCUT2D eigenvalue weighted by atomic mass is 9.85. The summed E-state index contributed by atoms with van der Waals surface area (Å²) in [6.07, 6.45) is -5.55. The number of carboxylic acid groups (broad SMARTS) is 1. The number of carboxylic acids is 1. The second-order valence-electron chi connectivity index (χ2n) is 9.07. The summed E-state index contributed by atoms with van der Waals surface area (Å²) in [4.78, 5) is 49.5. The van der Waals surface area contributed by atoms with E-state index < -0.39 is 54.3 Å². The molecule has 2 N–H and O–H groups in total. The molecule has 0 heterocycles. The molecule has 1 amide bonds. The standard InChI is InChI=1S/C29H23F6NO6S/c30-28(31,32)42-16-17-1-3-20(4-2-17)26(40)23(15-24(37)19-9-11-22(12-10-19)43-29(33,34)35)18-5-7-21(8-6-18)27(41)36-14-13-25(38)39/h1-12,23H,13-16H2,(H,36,41)(H,38,39). The Balaban J connectivity index is 1.84. The number of carbonyl (C=O) groups excluding carboxylic acids is 3. The molecule has 0 aromatic heterocycles. The molecule has 0 fully saturated rings. The number of hydrogen-bond acceptors (Lipinski definition) is 6. The lowest BCUT2D eigenvalue weighted by Crippen LogP contribution is -2.26. The predicted molar refractivity (Wildman–Crippen MR) is 143 cm³/mol. The van der Waals surface area contributed by atoms with E-state index in [4.69, 9.17) is 5.11 Å². The van der Waals surface area contributed by atoms with Gasteiger partial charge in [-0.05, 0) is 47.2 Å². The molecule has 0 aliphatic rings. The second kappa shape index (κ2) is 14.3. The van der Waals surface area contributed by atoms with Gasteiger partial charge in [-0.2, -0.15) is 13.2 Å². The van der Waals surface area contributed by atoms with Crippen LogP contribution in [0.4, 0.5) is 26.3 Å². The Morgan fingerprint density at radius 2 is 1.35 bits per heavy atom. The fourth-order valence-corrected chi connectivity index (χ4v) is 4.43. The van der Waals surface area contributed by atoms with Gasteiger partial charge in [-0.25, -0.2) is 0 Å². The SMILES string of the molecule is O=C(O)CCNC(=O)c1ccc(C(CC(=O)c2ccc(SC(F)(F)F)cc2)C(=O)c2ccc(COC(F)(F)F)cc2)cc1. The summed E-state index contributed by atoms with van der Waals surface area (Å²) in [6.45, 7) is -0.895. The quantitative estimate of drug-likeness (QED) is 0.122. The molecule has 228 valence electrons. The smallest absolute Gasteiger partial charge is 0.481 e. The van der Waals surface area contributed by atoms with Crippen molar-refractivity contribution in [3.63, 3.8) is 0 Å². The summed E-state index contributed by atoms with van der Waals surface area (Å²) in [5.74, 6) is -3.93. The third-order valence-corrected chi connectivity index (χ3v) is 6.70. The van der Waals surface area contributed by atoms with Crippen molar-refractivity contribution in [2.75, 3.05) is 6.54 Å². The molecular weight excluding hydrogens is 604 g/mol. The van der Waals surface area contributed by atoms with Crippen molar-refractivity contribution in [2.45, 2.75) is 42.1 Å². The van der Waals surface area contributed by atoms with E-state index in [1.807, 2.05) is 0 Å². The molecule has 0 aliphatic heterocycles. The lowest BCUT2D eigenvalue weighted by Gasteiger charge is -2.17. The number of nitrogens with one attached hydrogen (secondary N) is 1. The number of halogens is 6. The van der Waals surface area contributed by atoms with Crippen LogP contribution < -0.4 is 5.32 Å². The van der Waals surface area contributed by atoms with E-state index >= 15 is 0 Å². The van der Waals surface area contributed by atoms with Gasteiger partial charge in [0.2, 0.25) is 0 Å². The maximum Gasteiger partial charge on any atom is 0.522 e. The summed E-state index contributed by atoms with van der Waals surface area (Å²) in [5, 5.41) is 11.2. The van der Waals surface area contributed by atoms with Gasteiger partial charge < -0.3 is 10.4 Å². The summed E-state index contributed by atoms with van der Waals surface area (Å²) >= 11 is -0.349. The van der Waals surface area contributed by atoms with Gasteiger partial charge in [0.1, 0.15) is 0 Å². The van der Waals surface area contributed by atoms with Gasteiger partial charge in [0, 0.05) is 34.6 Å². The maximum absolute atomic E-state index is 13.5. The Labute approximate surface area is 245 Å². The number of aliphatic carboxylic acids is 1. The van der Waals surface area contributed by atoms with Gasteiger partial charge in [0.15, 0.2) is 11.6 Å². The average Bonchev–Trinajstić information content (AvgIpc) is 2.93. The molecule has 0 aliphatic carbocycles. The fraction of sp³-hybridized carbons (Fsp3) is 0.241. The Hall–Kier alpha value is -4.17. The van der Waals surface area contributed by atoms with E-state index in [0.29, 0.717) is 5.56 Å². The highest BCUT2D eigenvalue weighted by atomic mass is 32.2. The van der Waals surface area contributed by atoms with Gasteiger partial charge in [-0.1, -0.05) is 48.5 Å². The Morgan fingerprint density at radius 1 is 0.791 bits per heavy atom. The zero-order chi connectivity index (χ0) is 31.8. The topological polar surface area (TPSA) is 110 Å².